The van der Waals surface area contributed by atoms with Crippen molar-refractivity contribution in [3.8, 4) is 0 Å². The highest BCUT2D eigenvalue weighted by atomic mass is 16.5. The summed E-state index contributed by atoms with van der Waals surface area (Å²) < 4.78 is 5.20. The van der Waals surface area contributed by atoms with E-state index in [-0.39, 0.29) is 5.97 Å². The van der Waals surface area contributed by atoms with Gasteiger partial charge in [0, 0.05) is 6.42 Å². The number of carbonyl (C=O) groups excluding carboxylic acids is 1. The van der Waals surface area contributed by atoms with E-state index in [0.29, 0.717) is 24.9 Å². The van der Waals surface area contributed by atoms with Crippen LogP contribution in [0.5, 0.6) is 0 Å². The summed E-state index contributed by atoms with van der Waals surface area (Å²) in [5.41, 5.74) is 0. The summed E-state index contributed by atoms with van der Waals surface area (Å²) in [5.74, 6) is 2.10. The molecule has 0 bridgehead atoms. The van der Waals surface area contributed by atoms with Crippen LogP contribution in [0.15, 0.2) is 0 Å². The third-order valence-electron chi connectivity index (χ3n) is 3.36. The van der Waals surface area contributed by atoms with Crippen molar-refractivity contribution in [2.24, 2.45) is 17.8 Å². The molecule has 0 aromatic carbocycles. The molecule has 0 saturated heterocycles. The summed E-state index contributed by atoms with van der Waals surface area (Å²) in [5, 5.41) is 0. The Morgan fingerprint density at radius 2 is 2.07 bits per heavy atom. The van der Waals surface area contributed by atoms with Crippen LogP contribution >= 0.6 is 0 Å². The molecule has 1 saturated carbocycles. The lowest BCUT2D eigenvalue weighted by Gasteiger charge is -2.32. The summed E-state index contributed by atoms with van der Waals surface area (Å²) >= 11 is 0. The summed E-state index contributed by atoms with van der Waals surface area (Å²) in [4.78, 5) is 11.0. The Kier molecular flexibility index (Phi) is 4.43. The Balaban J connectivity index is 2.27. The van der Waals surface area contributed by atoms with Crippen molar-refractivity contribution < 1.29 is 9.53 Å². The van der Waals surface area contributed by atoms with Gasteiger partial charge in [-0.2, -0.15) is 0 Å². The molecule has 14 heavy (non-hydrogen) atoms. The van der Waals surface area contributed by atoms with E-state index < -0.39 is 0 Å². The molecule has 1 fully saturated rings. The van der Waals surface area contributed by atoms with Gasteiger partial charge >= 0.3 is 5.97 Å². The van der Waals surface area contributed by atoms with E-state index in [2.05, 4.69) is 13.8 Å². The first kappa shape index (κ1) is 11.5. The second-order valence-electron chi connectivity index (χ2n) is 4.69. The van der Waals surface area contributed by atoms with E-state index in [9.17, 15) is 4.79 Å². The van der Waals surface area contributed by atoms with E-state index in [4.69, 9.17) is 4.74 Å². The van der Waals surface area contributed by atoms with Gasteiger partial charge in [0.15, 0.2) is 0 Å². The van der Waals surface area contributed by atoms with E-state index in [1.54, 1.807) is 0 Å². The molecule has 1 rings (SSSR count). The Bertz CT molecular complexity index is 189. The van der Waals surface area contributed by atoms with E-state index in [1.807, 2.05) is 6.92 Å². The van der Waals surface area contributed by atoms with Crippen LogP contribution in [0.3, 0.4) is 0 Å². The minimum atomic E-state index is -0.0594. The van der Waals surface area contributed by atoms with Crippen molar-refractivity contribution in [1.29, 1.82) is 0 Å². The van der Waals surface area contributed by atoms with Gasteiger partial charge in [-0.05, 0) is 30.6 Å². The monoisotopic (exact) mass is 198 g/mol. The van der Waals surface area contributed by atoms with Gasteiger partial charge in [-0.15, -0.1) is 0 Å². The second-order valence-corrected chi connectivity index (χ2v) is 4.69. The first-order valence-corrected chi connectivity index (χ1v) is 5.79. The molecule has 2 nitrogen and oxygen atoms in total. The highest BCUT2D eigenvalue weighted by Gasteiger charge is 2.25. The van der Waals surface area contributed by atoms with Gasteiger partial charge in [0.2, 0.25) is 0 Å². The quantitative estimate of drug-likeness (QED) is 0.652. The van der Waals surface area contributed by atoms with Crippen LogP contribution in [0, 0.1) is 17.8 Å². The number of esters is 1. The molecule has 1 aliphatic rings. The molecule has 0 amide bonds. The van der Waals surface area contributed by atoms with Crippen molar-refractivity contribution in [2.45, 2.75) is 46.5 Å². The lowest BCUT2D eigenvalue weighted by molar-refractivity contribution is -0.145. The highest BCUT2D eigenvalue weighted by molar-refractivity contribution is 5.68. The molecule has 3 unspecified atom stereocenters. The lowest BCUT2D eigenvalue weighted by atomic mass is 9.76. The molecule has 3 atom stereocenters. The van der Waals surface area contributed by atoms with Crippen LogP contribution in [-0.2, 0) is 9.53 Å². The smallest absolute Gasteiger partial charge is 0.305 e. The summed E-state index contributed by atoms with van der Waals surface area (Å²) in [6.45, 7) is 7.07. The maximum absolute atomic E-state index is 11.0. The maximum Gasteiger partial charge on any atom is 0.305 e. The molecular formula is C12H22O2. The molecule has 0 aliphatic heterocycles. The minimum Gasteiger partial charge on any atom is -0.465 e. The van der Waals surface area contributed by atoms with Crippen LogP contribution in [0.1, 0.15) is 46.5 Å². The Labute approximate surface area is 87.0 Å². The average molecular weight is 198 g/mol. The topological polar surface area (TPSA) is 26.3 Å². The molecule has 0 N–H and O–H groups in total. The van der Waals surface area contributed by atoms with Crippen molar-refractivity contribution in [3.63, 3.8) is 0 Å². The third-order valence-corrected chi connectivity index (χ3v) is 3.36. The van der Waals surface area contributed by atoms with Gasteiger partial charge in [-0.3, -0.25) is 4.79 Å². The fourth-order valence-corrected chi connectivity index (χ4v) is 2.28. The van der Waals surface area contributed by atoms with E-state index in [0.717, 1.165) is 5.92 Å². The minimum absolute atomic E-state index is 0.0594. The lowest BCUT2D eigenvalue weighted by Crippen LogP contribution is -2.26. The molecule has 2 heteroatoms. The van der Waals surface area contributed by atoms with Crippen molar-refractivity contribution in [1.82, 2.24) is 0 Å². The predicted octanol–water partition coefficient (Wildman–Crippen LogP) is 3.01. The van der Waals surface area contributed by atoms with Crippen molar-refractivity contribution in [2.75, 3.05) is 6.61 Å². The molecule has 0 heterocycles. The van der Waals surface area contributed by atoms with Crippen LogP contribution in [0.2, 0.25) is 0 Å². The normalized spacial score (nSPS) is 32.6. The van der Waals surface area contributed by atoms with Gasteiger partial charge in [0.05, 0.1) is 6.61 Å². The molecule has 0 aromatic rings. The number of rotatable bonds is 3. The fourth-order valence-electron chi connectivity index (χ4n) is 2.28. The molecule has 82 valence electrons. The average Bonchev–Trinajstić information content (AvgIpc) is 2.16. The Morgan fingerprint density at radius 3 is 2.64 bits per heavy atom. The van der Waals surface area contributed by atoms with Gasteiger partial charge in [0.1, 0.15) is 0 Å². The summed E-state index contributed by atoms with van der Waals surface area (Å²) in [7, 11) is 0. The SMILES string of the molecule is CCC(=O)OCC1CCC(C)CC1C. The zero-order valence-corrected chi connectivity index (χ0v) is 9.58. The van der Waals surface area contributed by atoms with Gasteiger partial charge < -0.3 is 4.74 Å². The molecule has 1 aliphatic carbocycles. The zero-order valence-electron chi connectivity index (χ0n) is 9.58. The number of carbonyl (C=O) groups is 1. The van der Waals surface area contributed by atoms with Gasteiger partial charge in [-0.25, -0.2) is 0 Å². The predicted molar refractivity (Wildman–Crippen MR) is 56.9 cm³/mol. The fraction of sp³-hybridized carbons (Fsp3) is 0.917. The van der Waals surface area contributed by atoms with Crippen LogP contribution in [0.25, 0.3) is 0 Å². The first-order chi connectivity index (χ1) is 6.63. The standard InChI is InChI=1S/C12H22O2/c1-4-12(13)14-8-11-6-5-9(2)7-10(11)3/h9-11H,4-8H2,1-3H3. The third kappa shape index (κ3) is 3.32. The molecule has 0 aromatic heterocycles. The highest BCUT2D eigenvalue weighted by Crippen LogP contribution is 2.33. The molecular weight excluding hydrogens is 176 g/mol. The number of ether oxygens (including phenoxy) is 1. The second kappa shape index (κ2) is 5.38. The van der Waals surface area contributed by atoms with E-state index >= 15 is 0 Å². The van der Waals surface area contributed by atoms with Crippen molar-refractivity contribution in [3.05, 3.63) is 0 Å². The maximum atomic E-state index is 11.0. The number of hydrogen-bond acceptors (Lipinski definition) is 2. The number of hydrogen-bond donors (Lipinski definition) is 0. The van der Waals surface area contributed by atoms with Gasteiger partial charge in [0.25, 0.3) is 0 Å². The van der Waals surface area contributed by atoms with Crippen LogP contribution in [-0.4, -0.2) is 12.6 Å². The van der Waals surface area contributed by atoms with Crippen LogP contribution < -0.4 is 0 Å². The van der Waals surface area contributed by atoms with Crippen LogP contribution in [0.4, 0.5) is 0 Å². The summed E-state index contributed by atoms with van der Waals surface area (Å²) in [6, 6.07) is 0. The van der Waals surface area contributed by atoms with Gasteiger partial charge in [-0.1, -0.05) is 27.2 Å². The molecule has 0 spiro atoms. The summed E-state index contributed by atoms with van der Waals surface area (Å²) in [6.07, 6.45) is 4.30. The Morgan fingerprint density at radius 1 is 1.36 bits per heavy atom. The zero-order chi connectivity index (χ0) is 10.6. The first-order valence-electron chi connectivity index (χ1n) is 5.79. The molecule has 0 radical (unpaired) electrons. The van der Waals surface area contributed by atoms with E-state index in [1.165, 1.54) is 19.3 Å². The Hall–Kier alpha value is -0.530. The largest absolute Gasteiger partial charge is 0.465 e. The van der Waals surface area contributed by atoms with Crippen molar-refractivity contribution >= 4 is 5.97 Å².